The van der Waals surface area contributed by atoms with E-state index >= 15 is 0 Å². The van der Waals surface area contributed by atoms with Crippen LogP contribution >= 0.6 is 0 Å². The van der Waals surface area contributed by atoms with Gasteiger partial charge in [-0.3, -0.25) is 38.4 Å². The summed E-state index contributed by atoms with van der Waals surface area (Å²) >= 11 is 0. The van der Waals surface area contributed by atoms with Crippen molar-refractivity contribution in [3.8, 4) is 17.2 Å². The van der Waals surface area contributed by atoms with E-state index in [1.54, 1.807) is 12.1 Å². The van der Waals surface area contributed by atoms with Gasteiger partial charge >= 0.3 is 29.6 Å². The fourth-order valence-corrected chi connectivity index (χ4v) is 11.6. The number of aliphatic hydroxyl groups excluding tert-OH is 8. The molecule has 4 saturated heterocycles. The summed E-state index contributed by atoms with van der Waals surface area (Å²) in [4.78, 5) is 119. The van der Waals surface area contributed by atoms with E-state index < -0.39 is 198 Å². The molecule has 4 aliphatic heterocycles. The second-order valence-corrected chi connectivity index (χ2v) is 24.1. The number of amides is 8. The molecule has 0 saturated carbocycles. The van der Waals surface area contributed by atoms with Crippen LogP contribution < -0.4 is 80.6 Å². The van der Waals surface area contributed by atoms with Gasteiger partial charge in [-0.25, -0.2) is 8.42 Å². The van der Waals surface area contributed by atoms with Crippen molar-refractivity contribution in [1.82, 2.24) is 36.4 Å². The Bertz CT molecular complexity index is 3200. The number of ether oxygens (including phenoxy) is 1. The molecule has 0 aromatic heterocycles. The largest absolute Gasteiger partial charge is 1.00 e. The molecule has 0 spiro atoms. The number of phenolic OH excluding ortho intramolecular Hbond substituents is 1. The van der Waals surface area contributed by atoms with E-state index in [1.165, 1.54) is 19.1 Å². The maximum atomic E-state index is 14.7. The van der Waals surface area contributed by atoms with Crippen LogP contribution in [0.3, 0.4) is 0 Å². The van der Waals surface area contributed by atoms with E-state index in [2.05, 4.69) is 36.9 Å². The maximum Gasteiger partial charge on any atom is 1.00 e. The quantitative estimate of drug-likeness (QED) is 0.0229. The molecule has 4 fully saturated rings. The normalized spacial score (nSPS) is 26.9. The molecule has 500 valence electrons. The van der Waals surface area contributed by atoms with Gasteiger partial charge in [0.05, 0.1) is 37.4 Å². The number of hydrogen-bond donors (Lipinski definition) is 15. The third kappa shape index (κ3) is 18.9. The number of aromatic hydroxyl groups is 1. The summed E-state index contributed by atoms with van der Waals surface area (Å²) in [6.45, 7) is 6.44. The van der Waals surface area contributed by atoms with E-state index in [4.69, 9.17) is 10.5 Å². The minimum Gasteiger partial charge on any atom is -0.716 e. The average molecular weight is 1320 g/mol. The summed E-state index contributed by atoms with van der Waals surface area (Å²) < 4.78 is 44.5. The maximum absolute atomic E-state index is 14.7. The number of aliphatic hydroxyl groups is 8. The molecule has 7 rings (SSSR count). The van der Waals surface area contributed by atoms with Crippen LogP contribution in [0.4, 0.5) is 11.4 Å². The summed E-state index contributed by atoms with van der Waals surface area (Å²) in [5.74, 6) is -13.1. The van der Waals surface area contributed by atoms with Crippen LogP contribution in [0.5, 0.6) is 17.2 Å². The van der Waals surface area contributed by atoms with Crippen molar-refractivity contribution < 1.29 is 136 Å². The zero-order valence-corrected chi connectivity index (χ0v) is 53.8. The standard InChI is InChI=1S/C58H80N10O22S.Na/c1-4-5-6-7-22-89-36-15-13-34(14-16-36)66-20-18-65(19-21-66)33-11-8-31(9-12-33)51(78)60-37-25-41(73)54(81)64-56(83)47-48(75)29(2)27-68(47)58(85)45(40(72)26-43(59)74)62-55(82)46(50(77)49(76)32-10-17-39(71)42(23-32)90-91(86,87)88)63-53(80)38-24-35(70)28-67(38)57(84)44(30(3)69)61-52(37)79;/h8-17,23,29-30,35,37-38,40-41,44-50,54,69-73,75-77,81H,4-7,18-22,24-28H2,1-3H3,(H2,59,74)(H,60,78)(H,61,79)(H,62,82)(H,63,80)(H,64,83)(H,86,87,88);/q;+1/p-1/t29-,30+,35+,37-,38-,40+,41+,44?,45-,46-,47-,48-,49-,50-,54+;/m0./s1. The number of hydrogen-bond acceptors (Lipinski definition) is 24. The number of nitrogens with zero attached hydrogens (tertiary/aromatic N) is 4. The van der Waals surface area contributed by atoms with Crippen LogP contribution in [0.25, 0.3) is 0 Å². The SMILES string of the molecule is CCCCCCOc1ccc(N2CCN(c3ccc(C(=O)N[C@H]4C[C@@H](O)[C@@H](O)NC(=O)[C@@H]5[C@@H](O)[C@@H](C)CN5C(=O)[C@H]([C@H](O)CC(N)=O)NC(=O)[C@H]([C@H](O)[C@@H](O)c5ccc(O)c(OS(=O)(=O)[O-])c5)NC(=O)[C@@H]5C[C@@H](O)CN5C(=O)C([C@@H](C)O)NC4=O)cc3)CC2)cc1.[Na+]. The Morgan fingerprint density at radius 2 is 1.33 bits per heavy atom. The number of unbranched alkanes of at least 4 members (excludes halogenated alkanes) is 3. The van der Waals surface area contributed by atoms with Crippen molar-refractivity contribution in [2.75, 3.05) is 55.7 Å². The molecule has 4 aliphatic rings. The number of carbonyl (C=O) groups is 8. The molecular formula is C58H79N10NaO22S. The molecule has 4 heterocycles. The summed E-state index contributed by atoms with van der Waals surface area (Å²) in [6, 6.07) is 3.17. The number of fused-ring (bicyclic) bond motifs is 2. The van der Waals surface area contributed by atoms with Crippen LogP contribution in [-0.4, -0.2) is 241 Å². The van der Waals surface area contributed by atoms with Crippen molar-refractivity contribution in [3.63, 3.8) is 0 Å². The molecule has 32 nitrogen and oxygen atoms in total. The van der Waals surface area contributed by atoms with E-state index in [0.717, 1.165) is 55.8 Å². The number of nitrogens with one attached hydrogen (secondary N) is 5. The molecule has 16 N–H and O–H groups in total. The first kappa shape index (κ1) is 74.1. The molecule has 8 amide bonds. The van der Waals surface area contributed by atoms with E-state index in [-0.39, 0.29) is 35.1 Å². The fourth-order valence-electron chi connectivity index (χ4n) is 11.3. The Morgan fingerprint density at radius 1 is 0.739 bits per heavy atom. The first-order chi connectivity index (χ1) is 43.0. The van der Waals surface area contributed by atoms with Crippen molar-refractivity contribution in [3.05, 3.63) is 77.9 Å². The molecule has 92 heavy (non-hydrogen) atoms. The Kier molecular flexibility index (Phi) is 26.3. The molecular weight excluding hydrogens is 1240 g/mol. The van der Waals surface area contributed by atoms with Gasteiger partial charge in [0, 0.05) is 75.0 Å². The molecule has 15 atom stereocenters. The van der Waals surface area contributed by atoms with Gasteiger partial charge < -0.3 is 111 Å². The van der Waals surface area contributed by atoms with E-state index in [9.17, 15) is 97.3 Å². The number of piperazine rings is 1. The third-order valence-electron chi connectivity index (χ3n) is 16.3. The van der Waals surface area contributed by atoms with E-state index in [1.807, 2.05) is 34.9 Å². The molecule has 0 aliphatic carbocycles. The predicted molar refractivity (Wildman–Crippen MR) is 316 cm³/mol. The summed E-state index contributed by atoms with van der Waals surface area (Å²) in [5, 5.41) is 112. The Hall–Kier alpha value is -6.99. The van der Waals surface area contributed by atoms with Gasteiger partial charge in [-0.1, -0.05) is 39.2 Å². The van der Waals surface area contributed by atoms with Gasteiger partial charge in [0.1, 0.15) is 60.3 Å². The average Bonchev–Trinajstić information content (AvgIpc) is 1.59. The smallest absolute Gasteiger partial charge is 0.716 e. The first-order valence-corrected chi connectivity index (χ1v) is 31.0. The molecule has 0 bridgehead atoms. The number of anilines is 2. The number of benzene rings is 3. The van der Waals surface area contributed by atoms with Crippen LogP contribution in [-0.2, 0) is 44.0 Å². The van der Waals surface area contributed by atoms with Gasteiger partial charge in [-0.15, -0.1) is 0 Å². The number of primary amides is 1. The molecule has 3 aromatic carbocycles. The topological polar surface area (TPSA) is 493 Å². The number of carbonyl (C=O) groups excluding carboxylic acids is 8. The van der Waals surface area contributed by atoms with Crippen molar-refractivity contribution in [2.45, 2.75) is 151 Å². The third-order valence-corrected chi connectivity index (χ3v) is 16.7. The predicted octanol–water partition coefficient (Wildman–Crippen LogP) is -7.85. The zero-order chi connectivity index (χ0) is 66.8. The van der Waals surface area contributed by atoms with Crippen molar-refractivity contribution in [1.29, 1.82) is 0 Å². The van der Waals surface area contributed by atoms with Crippen LogP contribution in [0.2, 0.25) is 0 Å². The van der Waals surface area contributed by atoms with Crippen molar-refractivity contribution >= 4 is 69.0 Å². The summed E-state index contributed by atoms with van der Waals surface area (Å²) in [5.41, 5.74) is 6.48. The Balaban J connectivity index is 0.0000134. The summed E-state index contributed by atoms with van der Waals surface area (Å²) in [7, 11) is -5.60. The van der Waals surface area contributed by atoms with Crippen LogP contribution in [0.1, 0.15) is 87.7 Å². The van der Waals surface area contributed by atoms with Gasteiger partial charge in [0.15, 0.2) is 17.7 Å². The van der Waals surface area contributed by atoms with Gasteiger partial charge in [-0.2, -0.15) is 0 Å². The molecule has 3 aromatic rings. The molecule has 0 radical (unpaired) electrons. The minimum atomic E-state index is -5.60. The first-order valence-electron chi connectivity index (χ1n) is 29.6. The number of phenols is 1. The van der Waals surface area contributed by atoms with Gasteiger partial charge in [-0.05, 0) is 79.6 Å². The number of rotatable bonds is 19. The van der Waals surface area contributed by atoms with Crippen molar-refractivity contribution in [2.24, 2.45) is 11.7 Å². The van der Waals surface area contributed by atoms with Gasteiger partial charge in [0.2, 0.25) is 41.4 Å². The molecule has 1 unspecified atom stereocenters. The van der Waals surface area contributed by atoms with Gasteiger partial charge in [0.25, 0.3) is 16.3 Å². The zero-order valence-electron chi connectivity index (χ0n) is 51.0. The molecule has 34 heteroatoms. The van der Waals surface area contributed by atoms with Crippen LogP contribution in [0.15, 0.2) is 66.7 Å². The Morgan fingerprint density at radius 3 is 1.91 bits per heavy atom. The monoisotopic (exact) mass is 1320 g/mol. The minimum absolute atomic E-state index is 0. The van der Waals surface area contributed by atoms with Crippen LogP contribution in [0, 0.1) is 5.92 Å². The fraction of sp³-hybridized carbons (Fsp3) is 0.552. The second kappa shape index (κ2) is 32.7. The summed E-state index contributed by atoms with van der Waals surface area (Å²) in [6.07, 6.45) is -15.8. The van der Waals surface area contributed by atoms with E-state index in [0.29, 0.717) is 54.7 Å². The second-order valence-electron chi connectivity index (χ2n) is 23.1. The number of nitrogens with two attached hydrogens (primary N) is 1. The Labute approximate surface area is 551 Å².